The van der Waals surface area contributed by atoms with Crippen LogP contribution in [0.1, 0.15) is 31.2 Å². The molecule has 0 bridgehead atoms. The predicted molar refractivity (Wildman–Crippen MR) is 107 cm³/mol. The SMILES string of the molecule is CN(Cc1ccc(Cl)cc1)C(=O)[C@H]1CCCN1C(=O)NC1CCN(Cl)CC1. The third-order valence-corrected chi connectivity index (χ3v) is 5.87. The summed E-state index contributed by atoms with van der Waals surface area (Å²) in [5.74, 6) is -0.0202. The molecular formula is C19H26Cl2N4O2. The summed E-state index contributed by atoms with van der Waals surface area (Å²) < 4.78 is 1.75. The van der Waals surface area contributed by atoms with Gasteiger partial charge in [-0.1, -0.05) is 23.7 Å². The van der Waals surface area contributed by atoms with E-state index in [1.165, 1.54) is 0 Å². The Labute approximate surface area is 170 Å². The Kier molecular flexibility index (Phi) is 6.84. The topological polar surface area (TPSA) is 55.9 Å². The molecule has 3 rings (SSSR count). The molecule has 0 unspecified atom stereocenters. The first-order valence-electron chi connectivity index (χ1n) is 9.41. The Morgan fingerprint density at radius 3 is 2.48 bits per heavy atom. The van der Waals surface area contributed by atoms with Gasteiger partial charge in [0.25, 0.3) is 0 Å². The van der Waals surface area contributed by atoms with E-state index in [0.29, 0.717) is 24.5 Å². The average molecular weight is 413 g/mol. The third kappa shape index (κ3) is 5.27. The maximum absolute atomic E-state index is 12.9. The van der Waals surface area contributed by atoms with Crippen LogP contribution in [0.3, 0.4) is 0 Å². The van der Waals surface area contributed by atoms with Gasteiger partial charge in [0.15, 0.2) is 0 Å². The first kappa shape index (κ1) is 20.2. The summed E-state index contributed by atoms with van der Waals surface area (Å²) in [6.07, 6.45) is 3.21. The quantitative estimate of drug-likeness (QED) is 0.772. The Morgan fingerprint density at radius 1 is 1.15 bits per heavy atom. The second-order valence-corrected chi connectivity index (χ2v) is 8.22. The first-order valence-corrected chi connectivity index (χ1v) is 10.1. The summed E-state index contributed by atoms with van der Waals surface area (Å²) in [4.78, 5) is 29.0. The Hall–Kier alpha value is -1.50. The number of nitrogens with one attached hydrogen (secondary N) is 1. The molecule has 0 spiro atoms. The lowest BCUT2D eigenvalue weighted by atomic mass is 10.1. The molecule has 1 atom stereocenters. The number of hydrogen-bond donors (Lipinski definition) is 1. The highest BCUT2D eigenvalue weighted by atomic mass is 35.5. The van der Waals surface area contributed by atoms with Gasteiger partial charge in [0.05, 0.1) is 0 Å². The molecule has 6 nitrogen and oxygen atoms in total. The second-order valence-electron chi connectivity index (χ2n) is 7.31. The van der Waals surface area contributed by atoms with E-state index in [0.717, 1.165) is 37.9 Å². The highest BCUT2D eigenvalue weighted by Crippen LogP contribution is 2.21. The maximum Gasteiger partial charge on any atom is 0.318 e. The van der Waals surface area contributed by atoms with Crippen LogP contribution in [0, 0.1) is 0 Å². The van der Waals surface area contributed by atoms with Gasteiger partial charge in [-0.3, -0.25) is 4.79 Å². The van der Waals surface area contributed by atoms with E-state index in [1.807, 2.05) is 24.3 Å². The number of likely N-dealkylation sites (tertiary alicyclic amines) is 1. The van der Waals surface area contributed by atoms with Crippen molar-refractivity contribution >= 4 is 35.3 Å². The fourth-order valence-electron chi connectivity index (χ4n) is 3.71. The van der Waals surface area contributed by atoms with Crippen LogP contribution >= 0.6 is 23.4 Å². The average Bonchev–Trinajstić information content (AvgIpc) is 3.14. The summed E-state index contributed by atoms with van der Waals surface area (Å²) in [7, 11) is 1.78. The van der Waals surface area contributed by atoms with Gasteiger partial charge >= 0.3 is 6.03 Å². The van der Waals surface area contributed by atoms with Crippen molar-refractivity contribution in [2.75, 3.05) is 26.7 Å². The monoisotopic (exact) mass is 412 g/mol. The van der Waals surface area contributed by atoms with Crippen molar-refractivity contribution in [1.82, 2.24) is 19.5 Å². The van der Waals surface area contributed by atoms with Crippen molar-refractivity contribution in [2.45, 2.75) is 44.3 Å². The summed E-state index contributed by atoms with van der Waals surface area (Å²) in [5.41, 5.74) is 1.01. The number of piperidine rings is 1. The van der Waals surface area contributed by atoms with E-state index in [-0.39, 0.29) is 18.0 Å². The minimum absolute atomic E-state index is 0.0202. The second kappa shape index (κ2) is 9.13. The molecule has 1 aromatic rings. The number of nitrogens with zero attached hydrogens (tertiary/aromatic N) is 3. The van der Waals surface area contributed by atoms with Crippen LogP contribution in [0.5, 0.6) is 0 Å². The highest BCUT2D eigenvalue weighted by Gasteiger charge is 2.36. The zero-order valence-electron chi connectivity index (χ0n) is 15.5. The Morgan fingerprint density at radius 2 is 1.81 bits per heavy atom. The zero-order chi connectivity index (χ0) is 19.4. The number of likely N-dealkylation sites (N-methyl/N-ethyl adjacent to an activating group) is 1. The molecule has 27 heavy (non-hydrogen) atoms. The fraction of sp³-hybridized carbons (Fsp3) is 0.579. The van der Waals surface area contributed by atoms with Crippen LogP contribution in [-0.4, -0.2) is 64.9 Å². The van der Waals surface area contributed by atoms with Gasteiger partial charge in [-0.25, -0.2) is 9.21 Å². The van der Waals surface area contributed by atoms with E-state index in [4.69, 9.17) is 23.4 Å². The molecule has 2 aliphatic rings. The Balaban J connectivity index is 1.56. The summed E-state index contributed by atoms with van der Waals surface area (Å²) in [5, 5.41) is 3.75. The highest BCUT2D eigenvalue weighted by molar-refractivity contribution is 6.30. The molecule has 0 aromatic heterocycles. The van der Waals surface area contributed by atoms with Gasteiger partial charge in [-0.05, 0) is 55.2 Å². The van der Waals surface area contributed by atoms with E-state index >= 15 is 0 Å². The van der Waals surface area contributed by atoms with E-state index in [9.17, 15) is 9.59 Å². The number of halogens is 2. The number of urea groups is 1. The molecule has 0 radical (unpaired) electrons. The van der Waals surface area contributed by atoms with E-state index in [2.05, 4.69) is 5.32 Å². The van der Waals surface area contributed by atoms with Crippen molar-refractivity contribution < 1.29 is 9.59 Å². The maximum atomic E-state index is 12.9. The number of hydrogen-bond acceptors (Lipinski definition) is 3. The van der Waals surface area contributed by atoms with Crippen LogP contribution in [0.2, 0.25) is 5.02 Å². The van der Waals surface area contributed by atoms with Crippen molar-refractivity contribution in [3.8, 4) is 0 Å². The lowest BCUT2D eigenvalue weighted by molar-refractivity contribution is -0.134. The van der Waals surface area contributed by atoms with Crippen LogP contribution in [0.15, 0.2) is 24.3 Å². The van der Waals surface area contributed by atoms with Gasteiger partial charge in [0, 0.05) is 44.3 Å². The molecule has 3 amide bonds. The smallest absolute Gasteiger partial charge is 0.318 e. The summed E-state index contributed by atoms with van der Waals surface area (Å²) in [6.45, 7) is 2.64. The van der Waals surface area contributed by atoms with Crippen LogP contribution in [0.25, 0.3) is 0 Å². The molecule has 1 aromatic carbocycles. The van der Waals surface area contributed by atoms with Gasteiger partial charge < -0.3 is 15.1 Å². The molecule has 0 aliphatic carbocycles. The summed E-state index contributed by atoms with van der Waals surface area (Å²) in [6, 6.07) is 7.04. The van der Waals surface area contributed by atoms with Crippen LogP contribution in [-0.2, 0) is 11.3 Å². The van der Waals surface area contributed by atoms with Crippen molar-refractivity contribution in [2.24, 2.45) is 0 Å². The minimum atomic E-state index is -0.393. The Bertz CT molecular complexity index is 662. The lowest BCUT2D eigenvalue weighted by Crippen LogP contribution is -2.53. The number of carbonyl (C=O) groups excluding carboxylic acids is 2. The van der Waals surface area contributed by atoms with Crippen LogP contribution < -0.4 is 5.32 Å². The first-order chi connectivity index (χ1) is 12.9. The standard InChI is InChI=1S/C19H26Cl2N4O2/c1-23(13-14-4-6-15(20)7-5-14)18(26)17-3-2-10-25(17)19(27)22-16-8-11-24(21)12-9-16/h4-7,16-17H,2-3,8-13H2,1H3,(H,22,27)/t17-/m1/s1. The molecule has 2 aliphatic heterocycles. The number of rotatable bonds is 4. The summed E-state index contributed by atoms with van der Waals surface area (Å²) >= 11 is 11.9. The molecule has 2 heterocycles. The van der Waals surface area contributed by atoms with E-state index in [1.54, 1.807) is 21.3 Å². The largest absolute Gasteiger partial charge is 0.340 e. The normalized spacial score (nSPS) is 21.3. The zero-order valence-corrected chi connectivity index (χ0v) is 17.0. The number of amides is 3. The lowest BCUT2D eigenvalue weighted by Gasteiger charge is -2.32. The fourth-order valence-corrected chi connectivity index (χ4v) is 4.03. The van der Waals surface area contributed by atoms with E-state index < -0.39 is 6.04 Å². The van der Waals surface area contributed by atoms with Gasteiger partial charge in [0.2, 0.25) is 5.91 Å². The van der Waals surface area contributed by atoms with Gasteiger partial charge in [0.1, 0.15) is 6.04 Å². The van der Waals surface area contributed by atoms with Crippen molar-refractivity contribution in [3.63, 3.8) is 0 Å². The minimum Gasteiger partial charge on any atom is -0.340 e. The van der Waals surface area contributed by atoms with Gasteiger partial charge in [-0.2, -0.15) is 0 Å². The van der Waals surface area contributed by atoms with Crippen LogP contribution in [0.4, 0.5) is 4.79 Å². The van der Waals surface area contributed by atoms with Crippen molar-refractivity contribution in [3.05, 3.63) is 34.9 Å². The van der Waals surface area contributed by atoms with Crippen molar-refractivity contribution in [1.29, 1.82) is 0 Å². The number of carbonyl (C=O) groups is 2. The molecule has 1 N–H and O–H groups in total. The molecular weight excluding hydrogens is 387 g/mol. The molecule has 148 valence electrons. The molecule has 2 fully saturated rings. The molecule has 8 heteroatoms. The molecule has 0 saturated carbocycles. The third-order valence-electron chi connectivity index (χ3n) is 5.28. The molecule has 2 saturated heterocycles. The predicted octanol–water partition coefficient (Wildman–Crippen LogP) is 3.09. The number of benzene rings is 1. The van der Waals surface area contributed by atoms with Gasteiger partial charge in [-0.15, -0.1) is 0 Å².